The van der Waals surface area contributed by atoms with Crippen molar-refractivity contribution in [1.82, 2.24) is 4.40 Å². The molecule has 0 unspecified atom stereocenters. The van der Waals surface area contributed by atoms with Crippen LogP contribution in [0.1, 0.15) is 66.3 Å². The van der Waals surface area contributed by atoms with Crippen molar-refractivity contribution in [3.63, 3.8) is 0 Å². The van der Waals surface area contributed by atoms with E-state index in [0.717, 1.165) is 36.8 Å². The minimum absolute atomic E-state index is 0.0364. The minimum Gasteiger partial charge on any atom is -0.465 e. The third-order valence-corrected chi connectivity index (χ3v) is 5.70. The Morgan fingerprint density at radius 1 is 0.867 bits per heavy atom. The maximum Gasteiger partial charge on any atom is 0.341 e. The molecule has 0 radical (unpaired) electrons. The zero-order valence-electron chi connectivity index (χ0n) is 17.3. The summed E-state index contributed by atoms with van der Waals surface area (Å²) < 4.78 is 11.4. The van der Waals surface area contributed by atoms with Crippen molar-refractivity contribution < 1.29 is 23.9 Å². The molecule has 3 aromatic rings. The predicted octanol–water partition coefficient (Wildman–Crippen LogP) is 3.93. The van der Waals surface area contributed by atoms with Gasteiger partial charge in [-0.2, -0.15) is 0 Å². The van der Waals surface area contributed by atoms with Crippen LogP contribution in [0, 0.1) is 6.92 Å². The van der Waals surface area contributed by atoms with Gasteiger partial charge in [0.25, 0.3) is 0 Å². The first-order valence-electron chi connectivity index (χ1n) is 9.94. The summed E-state index contributed by atoms with van der Waals surface area (Å²) in [5, 5.41) is 0. The van der Waals surface area contributed by atoms with Gasteiger partial charge in [0.1, 0.15) is 16.8 Å². The molecule has 4 rings (SSSR count). The molecule has 0 spiro atoms. The summed E-state index contributed by atoms with van der Waals surface area (Å²) in [6.45, 7) is 1.87. The fourth-order valence-corrected chi connectivity index (χ4v) is 4.20. The number of fused-ring (bicyclic) bond motifs is 2. The van der Waals surface area contributed by atoms with Gasteiger partial charge in [-0.25, -0.2) is 9.59 Å². The molecule has 30 heavy (non-hydrogen) atoms. The number of carbonyl (C=O) groups excluding carboxylic acids is 3. The molecule has 2 aromatic heterocycles. The molecule has 0 saturated carbocycles. The molecule has 0 N–H and O–H groups in total. The van der Waals surface area contributed by atoms with Crippen molar-refractivity contribution in [1.29, 1.82) is 0 Å². The van der Waals surface area contributed by atoms with Crippen LogP contribution >= 0.6 is 0 Å². The summed E-state index contributed by atoms with van der Waals surface area (Å²) >= 11 is 0. The summed E-state index contributed by atoms with van der Waals surface area (Å²) in [7, 11) is 2.47. The van der Waals surface area contributed by atoms with E-state index in [0.29, 0.717) is 11.1 Å². The van der Waals surface area contributed by atoms with Crippen LogP contribution in [-0.2, 0) is 22.3 Å². The lowest BCUT2D eigenvalue weighted by molar-refractivity contribution is 0.0556. The van der Waals surface area contributed by atoms with Gasteiger partial charge in [-0.1, -0.05) is 12.1 Å². The number of ketones is 1. The second-order valence-electron chi connectivity index (χ2n) is 7.56. The predicted molar refractivity (Wildman–Crippen MR) is 111 cm³/mol. The van der Waals surface area contributed by atoms with Gasteiger partial charge in [-0.3, -0.25) is 4.79 Å². The van der Waals surface area contributed by atoms with Gasteiger partial charge < -0.3 is 13.9 Å². The highest BCUT2D eigenvalue weighted by Gasteiger charge is 2.33. The lowest BCUT2D eigenvalue weighted by Gasteiger charge is -2.16. The molecule has 154 valence electrons. The Morgan fingerprint density at radius 2 is 1.53 bits per heavy atom. The van der Waals surface area contributed by atoms with Crippen molar-refractivity contribution in [3.05, 3.63) is 75.6 Å². The zero-order valence-corrected chi connectivity index (χ0v) is 17.3. The number of benzene rings is 1. The number of rotatable bonds is 4. The second-order valence-corrected chi connectivity index (χ2v) is 7.56. The van der Waals surface area contributed by atoms with Crippen LogP contribution in [-0.4, -0.2) is 36.3 Å². The number of ether oxygens (including phenoxy) is 2. The van der Waals surface area contributed by atoms with E-state index in [1.165, 1.54) is 19.8 Å². The van der Waals surface area contributed by atoms with Crippen molar-refractivity contribution in [3.8, 4) is 0 Å². The first-order valence-corrected chi connectivity index (χ1v) is 9.94. The maximum absolute atomic E-state index is 13.6. The number of hydrogen-bond donors (Lipinski definition) is 0. The smallest absolute Gasteiger partial charge is 0.341 e. The maximum atomic E-state index is 13.6. The van der Waals surface area contributed by atoms with E-state index >= 15 is 0 Å². The van der Waals surface area contributed by atoms with Gasteiger partial charge in [0.15, 0.2) is 0 Å². The van der Waals surface area contributed by atoms with E-state index in [9.17, 15) is 14.4 Å². The van der Waals surface area contributed by atoms with Crippen LogP contribution in [0.4, 0.5) is 0 Å². The van der Waals surface area contributed by atoms with Gasteiger partial charge in [0.05, 0.1) is 19.7 Å². The fourth-order valence-electron chi connectivity index (χ4n) is 4.20. The Hall–Kier alpha value is -3.41. The summed E-state index contributed by atoms with van der Waals surface area (Å²) in [5.41, 5.74) is 4.30. The highest BCUT2D eigenvalue weighted by atomic mass is 16.5. The first kappa shape index (κ1) is 19.9. The standard InChI is InChI=1S/C24H23NO5/c1-14-10-11-25-18(12-14)19(23(27)29-2)20(24(28)30-3)21(25)22(26)17-9-8-15-6-4-5-7-16(15)13-17/h8-13H,4-7H2,1-3H3. The van der Waals surface area contributed by atoms with E-state index in [1.807, 2.05) is 25.1 Å². The highest BCUT2D eigenvalue weighted by Crippen LogP contribution is 2.30. The molecule has 6 heteroatoms. The molecule has 0 atom stereocenters. The molecule has 0 bridgehead atoms. The van der Waals surface area contributed by atoms with Crippen molar-refractivity contribution in [2.75, 3.05) is 14.2 Å². The van der Waals surface area contributed by atoms with Crippen LogP contribution < -0.4 is 0 Å². The third kappa shape index (κ3) is 3.18. The van der Waals surface area contributed by atoms with Gasteiger partial charge in [-0.15, -0.1) is 0 Å². The van der Waals surface area contributed by atoms with Crippen molar-refractivity contribution in [2.45, 2.75) is 32.6 Å². The van der Waals surface area contributed by atoms with Gasteiger partial charge >= 0.3 is 11.9 Å². The summed E-state index contributed by atoms with van der Waals surface area (Å²) in [5.74, 6) is -1.78. The average molecular weight is 405 g/mol. The minimum atomic E-state index is -0.752. The van der Waals surface area contributed by atoms with Crippen LogP contribution in [0.25, 0.3) is 5.52 Å². The molecular formula is C24H23NO5. The number of aromatic nitrogens is 1. The van der Waals surface area contributed by atoms with Crippen LogP contribution in [0.15, 0.2) is 36.5 Å². The first-order chi connectivity index (χ1) is 14.5. The summed E-state index contributed by atoms with van der Waals surface area (Å²) in [6, 6.07) is 9.25. The second kappa shape index (κ2) is 7.78. The lowest BCUT2D eigenvalue weighted by Crippen LogP contribution is -2.16. The Kier molecular flexibility index (Phi) is 5.16. The van der Waals surface area contributed by atoms with E-state index in [1.54, 1.807) is 22.7 Å². The topological polar surface area (TPSA) is 74.1 Å². The normalized spacial score (nSPS) is 13.0. The average Bonchev–Trinajstić information content (AvgIpc) is 3.11. The van der Waals surface area contributed by atoms with E-state index in [2.05, 4.69) is 0 Å². The lowest BCUT2D eigenvalue weighted by atomic mass is 9.89. The quantitative estimate of drug-likeness (QED) is 0.486. The molecular weight excluding hydrogens is 382 g/mol. The van der Waals surface area contributed by atoms with Crippen molar-refractivity contribution >= 4 is 23.2 Å². The van der Waals surface area contributed by atoms with E-state index in [4.69, 9.17) is 9.47 Å². The third-order valence-electron chi connectivity index (χ3n) is 5.70. The fraction of sp³-hybridized carbons (Fsp3) is 0.292. The highest BCUT2D eigenvalue weighted by molar-refractivity contribution is 6.19. The number of pyridine rings is 1. The number of esters is 2. The molecule has 1 aliphatic rings. The monoisotopic (exact) mass is 405 g/mol. The van der Waals surface area contributed by atoms with Gasteiger partial charge in [-0.05, 0) is 67.5 Å². The van der Waals surface area contributed by atoms with Crippen LogP contribution in [0.2, 0.25) is 0 Å². The molecule has 0 aliphatic heterocycles. The molecule has 0 amide bonds. The summed E-state index contributed by atoms with van der Waals surface area (Å²) in [4.78, 5) is 38.9. The van der Waals surface area contributed by atoms with E-state index < -0.39 is 11.9 Å². The Balaban J connectivity index is 1.99. The molecule has 6 nitrogen and oxygen atoms in total. The van der Waals surface area contributed by atoms with Crippen molar-refractivity contribution in [2.24, 2.45) is 0 Å². The number of methoxy groups -OCH3 is 2. The SMILES string of the molecule is COC(=O)c1c(C(=O)OC)c2cc(C)ccn2c1C(=O)c1ccc2c(c1)CCCC2. The van der Waals surface area contributed by atoms with E-state index in [-0.39, 0.29) is 22.6 Å². The molecule has 0 fully saturated rings. The molecule has 2 heterocycles. The molecule has 0 saturated heterocycles. The Bertz CT molecular complexity index is 1190. The van der Waals surface area contributed by atoms with Gasteiger partial charge in [0.2, 0.25) is 5.78 Å². The zero-order chi connectivity index (χ0) is 21.4. The summed E-state index contributed by atoms with van der Waals surface area (Å²) in [6.07, 6.45) is 5.88. The number of aryl methyl sites for hydroxylation is 3. The largest absolute Gasteiger partial charge is 0.465 e. The molecule has 1 aromatic carbocycles. The van der Waals surface area contributed by atoms with Gasteiger partial charge in [0, 0.05) is 11.8 Å². The van der Waals surface area contributed by atoms with Crippen LogP contribution in [0.3, 0.4) is 0 Å². The molecule has 1 aliphatic carbocycles. The number of nitrogens with zero attached hydrogens (tertiary/aromatic N) is 1. The van der Waals surface area contributed by atoms with Crippen LogP contribution in [0.5, 0.6) is 0 Å². The number of hydrogen-bond acceptors (Lipinski definition) is 5. The Morgan fingerprint density at radius 3 is 2.23 bits per heavy atom. The number of carbonyl (C=O) groups is 3. The Labute approximate surface area is 174 Å².